The minimum Gasteiger partial charge on any atom is -0.495 e. The standard InChI is InChI=1S/C15H14N4O2S/c1-7(20)14-12(16)11-13(18-8(2)19-15(11)22-14)9-4-10(21-3)6-17-5-9/h4-6H,16H2,1-3H3. The molecule has 22 heavy (non-hydrogen) atoms. The molecule has 0 unspecified atom stereocenters. The topological polar surface area (TPSA) is 91.0 Å². The maximum atomic E-state index is 11.7. The average molecular weight is 314 g/mol. The van der Waals surface area contributed by atoms with E-state index in [4.69, 9.17) is 10.5 Å². The predicted octanol–water partition coefficient (Wildman–Crippen LogP) is 2.86. The Balaban J connectivity index is 2.35. The van der Waals surface area contributed by atoms with Crippen LogP contribution in [0.3, 0.4) is 0 Å². The SMILES string of the molecule is COc1cncc(-c2nc(C)nc3sc(C(C)=O)c(N)c23)c1. The number of hydrogen-bond donors (Lipinski definition) is 1. The maximum absolute atomic E-state index is 11.7. The van der Waals surface area contributed by atoms with Crippen molar-refractivity contribution >= 4 is 33.0 Å². The Morgan fingerprint density at radius 3 is 2.77 bits per heavy atom. The van der Waals surface area contributed by atoms with E-state index in [0.717, 1.165) is 5.56 Å². The van der Waals surface area contributed by atoms with Crippen LogP contribution in [0.15, 0.2) is 18.5 Å². The quantitative estimate of drug-likeness (QED) is 0.747. The summed E-state index contributed by atoms with van der Waals surface area (Å²) in [5, 5.41) is 0.691. The molecule has 2 N–H and O–H groups in total. The van der Waals surface area contributed by atoms with Crippen molar-refractivity contribution in [3.8, 4) is 17.0 Å². The summed E-state index contributed by atoms with van der Waals surface area (Å²) in [5.41, 5.74) is 8.01. The molecule has 0 fully saturated rings. The summed E-state index contributed by atoms with van der Waals surface area (Å²) in [7, 11) is 1.58. The lowest BCUT2D eigenvalue weighted by Crippen LogP contribution is -1.97. The molecule has 112 valence electrons. The summed E-state index contributed by atoms with van der Waals surface area (Å²) in [6.45, 7) is 3.30. The van der Waals surface area contributed by atoms with Crippen LogP contribution in [0.2, 0.25) is 0 Å². The first-order valence-electron chi connectivity index (χ1n) is 6.58. The molecule has 0 atom stereocenters. The van der Waals surface area contributed by atoms with Crippen LogP contribution in [0, 0.1) is 6.92 Å². The number of hydrogen-bond acceptors (Lipinski definition) is 7. The van der Waals surface area contributed by atoms with Gasteiger partial charge in [-0.1, -0.05) is 0 Å². The predicted molar refractivity (Wildman–Crippen MR) is 86.4 cm³/mol. The summed E-state index contributed by atoms with van der Waals surface area (Å²) in [4.78, 5) is 26.0. The number of anilines is 1. The second-order valence-corrected chi connectivity index (χ2v) is 5.81. The largest absolute Gasteiger partial charge is 0.495 e. The van der Waals surface area contributed by atoms with Crippen LogP contribution in [0.4, 0.5) is 5.69 Å². The van der Waals surface area contributed by atoms with Gasteiger partial charge < -0.3 is 10.5 Å². The van der Waals surface area contributed by atoms with E-state index < -0.39 is 0 Å². The fraction of sp³-hybridized carbons (Fsp3) is 0.200. The third-order valence-corrected chi connectivity index (χ3v) is 4.44. The molecule has 0 aliphatic carbocycles. The normalized spacial score (nSPS) is 10.9. The van der Waals surface area contributed by atoms with Gasteiger partial charge in [0.25, 0.3) is 0 Å². The Morgan fingerprint density at radius 2 is 2.09 bits per heavy atom. The van der Waals surface area contributed by atoms with Gasteiger partial charge in [-0.25, -0.2) is 9.97 Å². The van der Waals surface area contributed by atoms with Gasteiger partial charge >= 0.3 is 0 Å². The van der Waals surface area contributed by atoms with Gasteiger partial charge in [0, 0.05) is 18.7 Å². The first-order chi connectivity index (χ1) is 10.5. The van der Waals surface area contributed by atoms with Gasteiger partial charge in [0.2, 0.25) is 0 Å². The van der Waals surface area contributed by atoms with E-state index >= 15 is 0 Å². The molecule has 7 heteroatoms. The molecule has 0 bridgehead atoms. The van der Waals surface area contributed by atoms with Gasteiger partial charge in [-0.2, -0.15) is 0 Å². The van der Waals surface area contributed by atoms with Crippen LogP contribution in [0.25, 0.3) is 21.5 Å². The Labute approximate surface area is 131 Å². The number of pyridine rings is 1. The van der Waals surface area contributed by atoms with E-state index in [9.17, 15) is 4.79 Å². The number of nitrogens with zero attached hydrogens (tertiary/aromatic N) is 3. The third kappa shape index (κ3) is 2.29. The van der Waals surface area contributed by atoms with Crippen LogP contribution in [0.1, 0.15) is 22.4 Å². The number of nitrogens with two attached hydrogens (primary N) is 1. The highest BCUT2D eigenvalue weighted by Crippen LogP contribution is 2.38. The van der Waals surface area contributed by atoms with Gasteiger partial charge in [-0.3, -0.25) is 9.78 Å². The van der Waals surface area contributed by atoms with Gasteiger partial charge in [0.15, 0.2) is 5.78 Å². The van der Waals surface area contributed by atoms with Crippen molar-refractivity contribution in [3.63, 3.8) is 0 Å². The molecule has 0 saturated heterocycles. The number of thiophene rings is 1. The number of ketones is 1. The fourth-order valence-electron chi connectivity index (χ4n) is 2.26. The highest BCUT2D eigenvalue weighted by Gasteiger charge is 2.19. The van der Waals surface area contributed by atoms with Crippen molar-refractivity contribution in [3.05, 3.63) is 29.2 Å². The van der Waals surface area contributed by atoms with Gasteiger partial charge in [0.1, 0.15) is 16.4 Å². The van der Waals surface area contributed by atoms with Crippen molar-refractivity contribution in [1.82, 2.24) is 15.0 Å². The highest BCUT2D eigenvalue weighted by molar-refractivity contribution is 7.21. The van der Waals surface area contributed by atoms with E-state index in [1.54, 1.807) is 26.4 Å². The van der Waals surface area contributed by atoms with Crippen molar-refractivity contribution in [2.75, 3.05) is 12.8 Å². The molecule has 3 rings (SSSR count). The summed E-state index contributed by atoms with van der Waals surface area (Å²) in [6.07, 6.45) is 3.31. The Kier molecular flexibility index (Phi) is 3.50. The minimum absolute atomic E-state index is 0.0760. The lowest BCUT2D eigenvalue weighted by molar-refractivity contribution is 0.102. The summed E-state index contributed by atoms with van der Waals surface area (Å²) < 4.78 is 5.20. The van der Waals surface area contributed by atoms with Crippen molar-refractivity contribution in [2.45, 2.75) is 13.8 Å². The number of aryl methyl sites for hydroxylation is 1. The molecule has 0 aliphatic heterocycles. The van der Waals surface area contributed by atoms with Crippen LogP contribution in [-0.2, 0) is 0 Å². The van der Waals surface area contributed by atoms with Crippen molar-refractivity contribution in [2.24, 2.45) is 0 Å². The zero-order valence-corrected chi connectivity index (χ0v) is 13.2. The molecule has 0 spiro atoms. The first-order valence-corrected chi connectivity index (χ1v) is 7.40. The summed E-state index contributed by atoms with van der Waals surface area (Å²) in [5.74, 6) is 1.16. The number of methoxy groups -OCH3 is 1. The molecule has 0 amide bonds. The maximum Gasteiger partial charge on any atom is 0.171 e. The Morgan fingerprint density at radius 1 is 1.32 bits per heavy atom. The third-order valence-electron chi connectivity index (χ3n) is 3.24. The van der Waals surface area contributed by atoms with Crippen LogP contribution < -0.4 is 10.5 Å². The molecular weight excluding hydrogens is 300 g/mol. The number of Topliss-reactive ketones (excluding diaryl/α,β-unsaturated/α-hetero) is 1. The number of rotatable bonds is 3. The smallest absolute Gasteiger partial charge is 0.171 e. The first kappa shape index (κ1) is 14.4. The number of aromatic nitrogens is 3. The summed E-state index contributed by atoms with van der Waals surface area (Å²) in [6, 6.07) is 1.83. The number of nitrogen functional groups attached to an aromatic ring is 1. The van der Waals surface area contributed by atoms with E-state index in [0.29, 0.717) is 38.0 Å². The molecule has 3 aromatic rings. The van der Waals surface area contributed by atoms with Gasteiger partial charge in [-0.15, -0.1) is 11.3 Å². The minimum atomic E-state index is -0.0760. The lowest BCUT2D eigenvalue weighted by Gasteiger charge is -2.06. The fourth-order valence-corrected chi connectivity index (χ4v) is 3.29. The number of fused-ring (bicyclic) bond motifs is 1. The van der Waals surface area contributed by atoms with Crippen molar-refractivity contribution in [1.29, 1.82) is 0 Å². The molecule has 0 aliphatic rings. The number of carbonyl (C=O) groups is 1. The number of ether oxygens (including phenoxy) is 1. The molecule has 0 saturated carbocycles. The molecular formula is C15H14N4O2S. The molecule has 6 nitrogen and oxygen atoms in total. The van der Waals surface area contributed by atoms with Gasteiger partial charge in [-0.05, 0) is 13.0 Å². The molecule has 3 heterocycles. The number of carbonyl (C=O) groups excluding carboxylic acids is 1. The second-order valence-electron chi connectivity index (χ2n) is 4.81. The highest BCUT2D eigenvalue weighted by atomic mass is 32.1. The van der Waals surface area contributed by atoms with Crippen LogP contribution >= 0.6 is 11.3 Å². The Hall–Kier alpha value is -2.54. The molecule has 0 aromatic carbocycles. The van der Waals surface area contributed by atoms with E-state index in [1.807, 2.05) is 6.07 Å². The van der Waals surface area contributed by atoms with Gasteiger partial charge in [0.05, 0.1) is 35.0 Å². The lowest BCUT2D eigenvalue weighted by atomic mass is 10.1. The second kappa shape index (κ2) is 5.34. The zero-order valence-electron chi connectivity index (χ0n) is 12.4. The van der Waals surface area contributed by atoms with E-state index in [-0.39, 0.29) is 5.78 Å². The summed E-state index contributed by atoms with van der Waals surface area (Å²) >= 11 is 1.29. The van der Waals surface area contributed by atoms with E-state index in [2.05, 4.69) is 15.0 Å². The van der Waals surface area contributed by atoms with Crippen LogP contribution in [0.5, 0.6) is 5.75 Å². The average Bonchev–Trinajstić information content (AvgIpc) is 2.83. The Bertz CT molecular complexity index is 889. The van der Waals surface area contributed by atoms with Crippen molar-refractivity contribution < 1.29 is 9.53 Å². The molecule has 0 radical (unpaired) electrons. The van der Waals surface area contributed by atoms with E-state index in [1.165, 1.54) is 18.3 Å². The van der Waals surface area contributed by atoms with Crippen LogP contribution in [-0.4, -0.2) is 27.8 Å². The zero-order chi connectivity index (χ0) is 15.9. The molecule has 3 aromatic heterocycles. The monoisotopic (exact) mass is 314 g/mol.